The summed E-state index contributed by atoms with van der Waals surface area (Å²) in [5.74, 6) is 0.891. The molecule has 0 radical (unpaired) electrons. The van der Waals surface area contributed by atoms with E-state index in [1.165, 1.54) is 38.5 Å². The van der Waals surface area contributed by atoms with E-state index in [1.54, 1.807) is 0 Å². The Hall–Kier alpha value is -0.530. The van der Waals surface area contributed by atoms with E-state index in [0.717, 1.165) is 25.4 Å². The molecule has 0 aliphatic carbocycles. The summed E-state index contributed by atoms with van der Waals surface area (Å²) in [6.07, 6.45) is 8.87. The average molecular weight is 183 g/mol. The molecule has 76 valence electrons. The van der Waals surface area contributed by atoms with Crippen molar-refractivity contribution >= 4 is 6.41 Å². The van der Waals surface area contributed by atoms with Crippen LogP contribution in [0.15, 0.2) is 0 Å². The Morgan fingerprint density at radius 1 is 1.31 bits per heavy atom. The summed E-state index contributed by atoms with van der Waals surface area (Å²) in [4.78, 5) is 12.4. The Morgan fingerprint density at radius 3 is 2.54 bits per heavy atom. The van der Waals surface area contributed by atoms with Crippen molar-refractivity contribution in [2.45, 2.75) is 45.4 Å². The molecule has 2 nitrogen and oxygen atoms in total. The molecular formula is C11H21NO. The molecule has 0 N–H and O–H groups in total. The maximum Gasteiger partial charge on any atom is 0.209 e. The van der Waals surface area contributed by atoms with Gasteiger partial charge in [-0.1, -0.05) is 32.6 Å². The van der Waals surface area contributed by atoms with Crippen molar-refractivity contribution < 1.29 is 4.79 Å². The molecule has 1 rings (SSSR count). The van der Waals surface area contributed by atoms with Crippen LogP contribution < -0.4 is 0 Å². The van der Waals surface area contributed by atoms with E-state index >= 15 is 0 Å². The lowest BCUT2D eigenvalue weighted by Gasteiger charge is -2.29. The van der Waals surface area contributed by atoms with Gasteiger partial charge in [-0.25, -0.2) is 0 Å². The first kappa shape index (κ1) is 10.6. The zero-order valence-electron chi connectivity index (χ0n) is 8.67. The Kier molecular flexibility index (Phi) is 4.87. The highest BCUT2D eigenvalue weighted by Gasteiger charge is 2.16. The SMILES string of the molecule is CCCCCC1CCN(C=O)CC1. The molecule has 0 spiro atoms. The molecule has 1 heterocycles. The van der Waals surface area contributed by atoms with E-state index < -0.39 is 0 Å². The standard InChI is InChI=1S/C11H21NO/c1-2-3-4-5-11-6-8-12(10-13)9-7-11/h10-11H,2-9H2,1H3. The Labute approximate surface area is 81.3 Å². The van der Waals surface area contributed by atoms with Gasteiger partial charge in [0, 0.05) is 13.1 Å². The van der Waals surface area contributed by atoms with Gasteiger partial charge in [-0.3, -0.25) is 4.79 Å². The number of hydrogen-bond donors (Lipinski definition) is 0. The molecule has 0 aromatic rings. The molecule has 1 aliphatic rings. The maximum atomic E-state index is 10.5. The minimum Gasteiger partial charge on any atom is -0.345 e. The number of amides is 1. The predicted molar refractivity (Wildman–Crippen MR) is 54.5 cm³/mol. The third kappa shape index (κ3) is 3.79. The molecular weight excluding hydrogens is 162 g/mol. The van der Waals surface area contributed by atoms with Gasteiger partial charge < -0.3 is 4.90 Å². The quantitative estimate of drug-likeness (QED) is 0.473. The lowest BCUT2D eigenvalue weighted by molar-refractivity contribution is -0.119. The summed E-state index contributed by atoms with van der Waals surface area (Å²) >= 11 is 0. The highest BCUT2D eigenvalue weighted by Crippen LogP contribution is 2.21. The van der Waals surface area contributed by atoms with Gasteiger partial charge in [0.15, 0.2) is 0 Å². The van der Waals surface area contributed by atoms with Crippen molar-refractivity contribution in [3.05, 3.63) is 0 Å². The van der Waals surface area contributed by atoms with Gasteiger partial charge >= 0.3 is 0 Å². The summed E-state index contributed by atoms with van der Waals surface area (Å²) < 4.78 is 0. The van der Waals surface area contributed by atoms with Crippen molar-refractivity contribution in [1.82, 2.24) is 4.90 Å². The van der Waals surface area contributed by atoms with Crippen LogP contribution in [0.2, 0.25) is 0 Å². The van der Waals surface area contributed by atoms with Crippen LogP contribution in [-0.2, 0) is 4.79 Å². The highest BCUT2D eigenvalue weighted by atomic mass is 16.1. The van der Waals surface area contributed by atoms with Gasteiger partial charge in [-0.15, -0.1) is 0 Å². The van der Waals surface area contributed by atoms with Gasteiger partial charge in [-0.05, 0) is 18.8 Å². The molecule has 0 atom stereocenters. The minimum atomic E-state index is 0.891. The van der Waals surface area contributed by atoms with Crippen LogP contribution in [-0.4, -0.2) is 24.4 Å². The van der Waals surface area contributed by atoms with Crippen LogP contribution >= 0.6 is 0 Å². The molecule has 0 aromatic heterocycles. The second kappa shape index (κ2) is 6.01. The van der Waals surface area contributed by atoms with Crippen LogP contribution in [0.1, 0.15) is 45.4 Å². The minimum absolute atomic E-state index is 0.891. The molecule has 1 amide bonds. The van der Waals surface area contributed by atoms with Crippen molar-refractivity contribution in [3.8, 4) is 0 Å². The molecule has 1 aliphatic heterocycles. The molecule has 2 heteroatoms. The van der Waals surface area contributed by atoms with Crippen molar-refractivity contribution in [2.75, 3.05) is 13.1 Å². The molecule has 1 saturated heterocycles. The van der Waals surface area contributed by atoms with Gasteiger partial charge in [0.1, 0.15) is 0 Å². The number of hydrogen-bond acceptors (Lipinski definition) is 1. The Morgan fingerprint density at radius 2 is 2.00 bits per heavy atom. The summed E-state index contributed by atoms with van der Waals surface area (Å²) in [6.45, 7) is 4.22. The molecule has 1 fully saturated rings. The number of carbonyl (C=O) groups is 1. The van der Waals surface area contributed by atoms with E-state index in [1.807, 2.05) is 4.90 Å². The first-order chi connectivity index (χ1) is 6.36. The van der Waals surface area contributed by atoms with Crippen molar-refractivity contribution in [2.24, 2.45) is 5.92 Å². The van der Waals surface area contributed by atoms with Gasteiger partial charge in [-0.2, -0.15) is 0 Å². The monoisotopic (exact) mass is 183 g/mol. The number of unbranched alkanes of at least 4 members (excludes halogenated alkanes) is 2. The van der Waals surface area contributed by atoms with E-state index in [9.17, 15) is 4.79 Å². The number of carbonyl (C=O) groups excluding carboxylic acids is 1. The Bertz CT molecular complexity index is 139. The smallest absolute Gasteiger partial charge is 0.209 e. The second-order valence-corrected chi connectivity index (χ2v) is 4.08. The second-order valence-electron chi connectivity index (χ2n) is 4.08. The number of piperidine rings is 1. The van der Waals surface area contributed by atoms with Crippen LogP contribution in [0, 0.1) is 5.92 Å². The molecule has 13 heavy (non-hydrogen) atoms. The lowest BCUT2D eigenvalue weighted by atomic mass is 9.91. The fourth-order valence-corrected chi connectivity index (χ4v) is 2.03. The zero-order chi connectivity index (χ0) is 9.52. The van der Waals surface area contributed by atoms with E-state index in [0.29, 0.717) is 0 Å². The lowest BCUT2D eigenvalue weighted by Crippen LogP contribution is -2.32. The largest absolute Gasteiger partial charge is 0.345 e. The van der Waals surface area contributed by atoms with Gasteiger partial charge in [0.25, 0.3) is 0 Å². The van der Waals surface area contributed by atoms with Gasteiger partial charge in [0.05, 0.1) is 0 Å². The molecule has 0 unspecified atom stereocenters. The third-order valence-electron chi connectivity index (χ3n) is 3.01. The fourth-order valence-electron chi connectivity index (χ4n) is 2.03. The van der Waals surface area contributed by atoms with E-state index in [4.69, 9.17) is 0 Å². The summed E-state index contributed by atoms with van der Waals surface area (Å²) in [5.41, 5.74) is 0. The number of rotatable bonds is 5. The highest BCUT2D eigenvalue weighted by molar-refractivity contribution is 5.47. The van der Waals surface area contributed by atoms with E-state index in [-0.39, 0.29) is 0 Å². The Balaban J connectivity index is 2.07. The van der Waals surface area contributed by atoms with Gasteiger partial charge in [0.2, 0.25) is 6.41 Å². The maximum absolute atomic E-state index is 10.5. The first-order valence-corrected chi connectivity index (χ1v) is 5.56. The number of likely N-dealkylation sites (tertiary alicyclic amines) is 1. The van der Waals surface area contributed by atoms with Crippen LogP contribution in [0.5, 0.6) is 0 Å². The first-order valence-electron chi connectivity index (χ1n) is 5.56. The van der Waals surface area contributed by atoms with Crippen LogP contribution in [0.25, 0.3) is 0 Å². The summed E-state index contributed by atoms with van der Waals surface area (Å²) in [5, 5.41) is 0. The van der Waals surface area contributed by atoms with Crippen molar-refractivity contribution in [1.29, 1.82) is 0 Å². The fraction of sp³-hybridized carbons (Fsp3) is 0.909. The topological polar surface area (TPSA) is 20.3 Å². The van der Waals surface area contributed by atoms with Crippen LogP contribution in [0.4, 0.5) is 0 Å². The zero-order valence-corrected chi connectivity index (χ0v) is 8.67. The summed E-state index contributed by atoms with van der Waals surface area (Å²) in [7, 11) is 0. The van der Waals surface area contributed by atoms with Crippen molar-refractivity contribution in [3.63, 3.8) is 0 Å². The summed E-state index contributed by atoms with van der Waals surface area (Å²) in [6, 6.07) is 0. The number of nitrogens with zero attached hydrogens (tertiary/aromatic N) is 1. The third-order valence-corrected chi connectivity index (χ3v) is 3.01. The van der Waals surface area contributed by atoms with Crippen LogP contribution in [0.3, 0.4) is 0 Å². The molecule has 0 bridgehead atoms. The normalized spacial score (nSPS) is 19.0. The molecule has 0 saturated carbocycles. The molecule has 0 aromatic carbocycles. The predicted octanol–water partition coefficient (Wildman–Crippen LogP) is 2.44. The average Bonchev–Trinajstić information content (AvgIpc) is 2.19. The van der Waals surface area contributed by atoms with E-state index in [2.05, 4.69) is 6.92 Å².